The zero-order valence-electron chi connectivity index (χ0n) is 14.8. The molecule has 3 heteroatoms. The van der Waals surface area contributed by atoms with E-state index in [0.717, 1.165) is 11.3 Å². The molecule has 0 amide bonds. The van der Waals surface area contributed by atoms with Crippen LogP contribution in [0.2, 0.25) is 0 Å². The zero-order valence-corrected chi connectivity index (χ0v) is 16.0. The molecule has 0 saturated heterocycles. The van der Waals surface area contributed by atoms with E-state index in [2.05, 4.69) is 88.5 Å². The third-order valence-corrected chi connectivity index (χ3v) is 6.75. The molecule has 2 nitrogen and oxygen atoms in total. The normalized spacial score (nSPS) is 13.0. The number of para-hydroxylation sites is 1. The summed E-state index contributed by atoms with van der Waals surface area (Å²) in [6, 6.07) is 17.2. The van der Waals surface area contributed by atoms with Gasteiger partial charge in [0.25, 0.3) is 0 Å². The van der Waals surface area contributed by atoms with Crippen LogP contribution in [0.3, 0.4) is 0 Å². The lowest BCUT2D eigenvalue weighted by Gasteiger charge is -2.29. The van der Waals surface area contributed by atoms with Crippen molar-refractivity contribution >= 4 is 25.4 Å². The van der Waals surface area contributed by atoms with E-state index in [0.29, 0.717) is 0 Å². The quantitative estimate of drug-likeness (QED) is 0.784. The Kier molecular flexibility index (Phi) is 5.45. The minimum absolute atomic E-state index is 0.200. The molecular weight excluding hydrogens is 298 g/mol. The van der Waals surface area contributed by atoms with Crippen LogP contribution in [0, 0.1) is 0 Å². The highest BCUT2D eigenvalue weighted by atomic mass is 28.3. The van der Waals surface area contributed by atoms with Crippen molar-refractivity contribution in [2.45, 2.75) is 26.4 Å². The van der Waals surface area contributed by atoms with E-state index in [9.17, 15) is 0 Å². The molecular formula is C20H27NOSi. The third-order valence-electron chi connectivity index (χ3n) is 3.63. The molecule has 0 radical (unpaired) electrons. The predicted octanol–water partition coefficient (Wildman–Crippen LogP) is 2.91. The monoisotopic (exact) mass is 325 g/mol. The van der Waals surface area contributed by atoms with Crippen LogP contribution in [0.15, 0.2) is 55.1 Å². The number of rotatable bonds is 5. The van der Waals surface area contributed by atoms with E-state index in [-0.39, 0.29) is 5.60 Å². The molecule has 0 aliphatic carbocycles. The van der Waals surface area contributed by atoms with Gasteiger partial charge in [-0.3, -0.25) is 0 Å². The Balaban J connectivity index is 2.47. The average Bonchev–Trinajstić information content (AvgIpc) is 2.48. The van der Waals surface area contributed by atoms with Gasteiger partial charge in [0, 0.05) is 0 Å². The van der Waals surface area contributed by atoms with Crippen LogP contribution in [0.4, 0.5) is 0 Å². The number of ether oxygens (including phenoxy) is 1. The molecule has 0 aliphatic rings. The molecule has 0 aromatic heterocycles. The van der Waals surface area contributed by atoms with Gasteiger partial charge in [0.2, 0.25) is 0 Å². The second-order valence-corrected chi connectivity index (χ2v) is 10.1. The summed E-state index contributed by atoms with van der Waals surface area (Å²) < 4.78 is 8.58. The van der Waals surface area contributed by atoms with Gasteiger partial charge in [0.15, 0.2) is 8.96 Å². The number of benzene rings is 2. The maximum Gasteiger partial charge on any atom is 0.179 e. The fourth-order valence-corrected chi connectivity index (χ4v) is 5.49. The molecule has 122 valence electrons. The molecule has 0 saturated carbocycles. The van der Waals surface area contributed by atoms with Crippen molar-refractivity contribution < 1.29 is 4.74 Å². The van der Waals surface area contributed by atoms with Crippen molar-refractivity contribution in [3.8, 4) is 5.75 Å². The molecule has 1 unspecified atom stereocenters. The van der Waals surface area contributed by atoms with Crippen molar-refractivity contribution in [3.63, 3.8) is 0 Å². The first-order chi connectivity index (χ1) is 10.8. The molecule has 0 N–H and O–H groups in total. The summed E-state index contributed by atoms with van der Waals surface area (Å²) in [5.41, 5.74) is 0.952. The van der Waals surface area contributed by atoms with Crippen LogP contribution in [0.5, 0.6) is 5.75 Å². The minimum Gasteiger partial charge on any atom is -0.488 e. The Morgan fingerprint density at radius 2 is 1.61 bits per heavy atom. The van der Waals surface area contributed by atoms with Crippen molar-refractivity contribution in [2.75, 3.05) is 14.1 Å². The summed E-state index contributed by atoms with van der Waals surface area (Å²) in [5.74, 6) is 0.998. The molecule has 2 aromatic carbocycles. The van der Waals surface area contributed by atoms with Gasteiger partial charge < -0.3 is 9.30 Å². The van der Waals surface area contributed by atoms with E-state index in [4.69, 9.17) is 4.74 Å². The maximum absolute atomic E-state index is 6.22. The SMILES string of the molecule is C=Cc1ccc([SiH](c2ccccc2OC(C)(C)C)N(C)C)cc1. The van der Waals surface area contributed by atoms with E-state index in [1.807, 2.05) is 12.1 Å². The van der Waals surface area contributed by atoms with Crippen LogP contribution >= 0.6 is 0 Å². The van der Waals surface area contributed by atoms with Crippen LogP contribution in [-0.4, -0.2) is 33.2 Å². The van der Waals surface area contributed by atoms with E-state index >= 15 is 0 Å². The van der Waals surface area contributed by atoms with Crippen LogP contribution in [0.1, 0.15) is 26.3 Å². The number of hydrogen-bond donors (Lipinski definition) is 0. The first kappa shape index (κ1) is 17.5. The molecule has 0 bridgehead atoms. The predicted molar refractivity (Wildman–Crippen MR) is 103 cm³/mol. The Hall–Kier alpha value is -1.84. The van der Waals surface area contributed by atoms with Gasteiger partial charge in [-0.15, -0.1) is 0 Å². The second kappa shape index (κ2) is 7.15. The highest BCUT2D eigenvalue weighted by molar-refractivity contribution is 6.83. The molecule has 1 atom stereocenters. The van der Waals surface area contributed by atoms with Crippen molar-refractivity contribution in [1.29, 1.82) is 0 Å². The molecule has 2 rings (SSSR count). The summed E-state index contributed by atoms with van der Waals surface area (Å²) in [7, 11) is 2.81. The number of nitrogens with zero attached hydrogens (tertiary/aromatic N) is 1. The van der Waals surface area contributed by atoms with Gasteiger partial charge in [-0.1, -0.05) is 55.1 Å². The Bertz CT molecular complexity index is 656. The fourth-order valence-electron chi connectivity index (χ4n) is 2.70. The topological polar surface area (TPSA) is 12.5 Å². The lowest BCUT2D eigenvalue weighted by Crippen LogP contribution is -2.54. The van der Waals surface area contributed by atoms with Gasteiger partial charge in [-0.2, -0.15) is 0 Å². The molecule has 0 heterocycles. The van der Waals surface area contributed by atoms with Gasteiger partial charge in [-0.05, 0) is 56.9 Å². The van der Waals surface area contributed by atoms with Crippen molar-refractivity contribution in [3.05, 3.63) is 60.7 Å². The van der Waals surface area contributed by atoms with Crippen molar-refractivity contribution in [1.82, 2.24) is 4.57 Å². The Morgan fingerprint density at radius 3 is 2.13 bits per heavy atom. The van der Waals surface area contributed by atoms with Gasteiger partial charge in [0.1, 0.15) is 11.4 Å². The lowest BCUT2D eigenvalue weighted by molar-refractivity contribution is 0.132. The smallest absolute Gasteiger partial charge is 0.179 e. The first-order valence-corrected chi connectivity index (χ1v) is 9.65. The summed E-state index contributed by atoms with van der Waals surface area (Å²) in [6.45, 7) is 10.1. The molecule has 0 aliphatic heterocycles. The molecule has 0 spiro atoms. The minimum atomic E-state index is -1.51. The first-order valence-electron chi connectivity index (χ1n) is 7.98. The largest absolute Gasteiger partial charge is 0.488 e. The van der Waals surface area contributed by atoms with Crippen LogP contribution < -0.4 is 15.1 Å². The Labute approximate surface area is 142 Å². The van der Waals surface area contributed by atoms with E-state index in [1.165, 1.54) is 10.4 Å². The van der Waals surface area contributed by atoms with Gasteiger partial charge in [-0.25, -0.2) is 0 Å². The number of hydrogen-bond acceptors (Lipinski definition) is 2. The summed E-state index contributed by atoms with van der Waals surface area (Å²) in [4.78, 5) is 0. The lowest BCUT2D eigenvalue weighted by atomic mass is 10.2. The van der Waals surface area contributed by atoms with Gasteiger partial charge in [0.05, 0.1) is 0 Å². The van der Waals surface area contributed by atoms with Crippen LogP contribution in [-0.2, 0) is 0 Å². The highest BCUT2D eigenvalue weighted by Gasteiger charge is 2.24. The average molecular weight is 326 g/mol. The molecule has 0 fully saturated rings. The Morgan fingerprint density at radius 1 is 1.00 bits per heavy atom. The van der Waals surface area contributed by atoms with Crippen molar-refractivity contribution in [2.24, 2.45) is 0 Å². The van der Waals surface area contributed by atoms with E-state index < -0.39 is 8.96 Å². The summed E-state index contributed by atoms with van der Waals surface area (Å²) >= 11 is 0. The second-order valence-electron chi connectivity index (χ2n) is 6.99. The summed E-state index contributed by atoms with van der Waals surface area (Å²) in [6.07, 6.45) is 1.88. The molecule has 23 heavy (non-hydrogen) atoms. The zero-order chi connectivity index (χ0) is 17.0. The standard InChI is InChI=1S/C20H27NOSi/c1-7-16-12-14-17(15-13-16)23(21(5)6)19-11-9-8-10-18(19)22-20(2,3)4/h7-15,23H,1H2,2-6H3. The molecule has 2 aromatic rings. The highest BCUT2D eigenvalue weighted by Crippen LogP contribution is 2.17. The third kappa shape index (κ3) is 4.56. The van der Waals surface area contributed by atoms with Crippen LogP contribution in [0.25, 0.3) is 6.08 Å². The summed E-state index contributed by atoms with van der Waals surface area (Å²) in [5, 5.41) is 2.70. The maximum atomic E-state index is 6.22. The fraction of sp³-hybridized carbons (Fsp3) is 0.300. The van der Waals surface area contributed by atoms with Gasteiger partial charge >= 0.3 is 0 Å². The van der Waals surface area contributed by atoms with E-state index in [1.54, 1.807) is 0 Å².